The van der Waals surface area contributed by atoms with Crippen molar-refractivity contribution >= 4 is 23.2 Å². The molecule has 1 N–H and O–H groups in total. The third-order valence-corrected chi connectivity index (χ3v) is 7.97. The molecule has 3 fully saturated rings. The van der Waals surface area contributed by atoms with Crippen molar-refractivity contribution in [1.82, 2.24) is 19.4 Å². The van der Waals surface area contributed by atoms with E-state index < -0.39 is 12.1 Å². The van der Waals surface area contributed by atoms with E-state index >= 15 is 0 Å². The van der Waals surface area contributed by atoms with Crippen LogP contribution in [0.4, 0.5) is 13.2 Å². The van der Waals surface area contributed by atoms with Crippen LogP contribution in [0.3, 0.4) is 0 Å². The number of imidazole rings is 1. The Morgan fingerprint density at radius 1 is 1.34 bits per heavy atom. The molecule has 2 aliphatic heterocycles. The van der Waals surface area contributed by atoms with Gasteiger partial charge in [0.1, 0.15) is 0 Å². The number of nitrogens with zero attached hydrogens (tertiary/aromatic N) is 4. The van der Waals surface area contributed by atoms with Gasteiger partial charge in [-0.25, -0.2) is 9.78 Å². The molecule has 4 heterocycles. The number of thiophene rings is 1. The normalized spacial score (nSPS) is 24.9. The van der Waals surface area contributed by atoms with Crippen LogP contribution >= 0.6 is 11.3 Å². The van der Waals surface area contributed by atoms with Crippen molar-refractivity contribution in [3.63, 3.8) is 0 Å². The number of likely N-dealkylation sites (tertiary alicyclic amines) is 2. The Bertz CT molecular complexity index is 1040. The predicted octanol–water partition coefficient (Wildman–Crippen LogP) is 4.39. The molecular weight excluding hydrogens is 481 g/mol. The maximum absolute atomic E-state index is 13.6. The number of halogens is 3. The van der Waals surface area contributed by atoms with E-state index in [1.165, 1.54) is 17.7 Å². The van der Waals surface area contributed by atoms with Gasteiger partial charge in [-0.05, 0) is 50.5 Å². The minimum absolute atomic E-state index is 0.198. The molecule has 0 radical (unpaired) electrons. The second-order valence-electron chi connectivity index (χ2n) is 10.0. The monoisotopic (exact) mass is 512 g/mol. The summed E-state index contributed by atoms with van der Waals surface area (Å²) in [5, 5.41) is 9.26. The first-order chi connectivity index (χ1) is 16.5. The van der Waals surface area contributed by atoms with E-state index in [2.05, 4.69) is 51.9 Å². The summed E-state index contributed by atoms with van der Waals surface area (Å²) in [6, 6.07) is 4.71. The zero-order chi connectivity index (χ0) is 25.4. The van der Waals surface area contributed by atoms with E-state index in [0.717, 1.165) is 50.8 Å². The number of hydrogen-bond donors (Lipinski definition) is 1. The second kappa shape index (κ2) is 9.93. The van der Waals surface area contributed by atoms with Gasteiger partial charge in [0.2, 0.25) is 5.91 Å². The van der Waals surface area contributed by atoms with Crippen LogP contribution in [0, 0.1) is 11.3 Å². The molecule has 1 saturated carbocycles. The lowest BCUT2D eigenvalue weighted by molar-refractivity contribution is -0.192. The molecular formula is C24H31F3N4O3S. The summed E-state index contributed by atoms with van der Waals surface area (Å²) >= 11 is 1.81. The fraction of sp³-hybridized carbons (Fsp3) is 0.625. The Balaban J connectivity index is 0.000000364. The quantitative estimate of drug-likeness (QED) is 0.621. The zero-order valence-electron chi connectivity index (χ0n) is 19.9. The predicted molar refractivity (Wildman–Crippen MR) is 125 cm³/mol. The molecule has 1 spiro atoms. The second-order valence-corrected chi connectivity index (χ2v) is 11.1. The number of carboxylic acids is 1. The molecule has 0 aromatic carbocycles. The lowest BCUT2D eigenvalue weighted by Gasteiger charge is -2.28. The molecule has 0 bridgehead atoms. The number of alkyl halides is 3. The Morgan fingerprint density at radius 2 is 2.06 bits per heavy atom. The van der Waals surface area contributed by atoms with Crippen LogP contribution in [0.5, 0.6) is 0 Å². The molecule has 2 atom stereocenters. The fourth-order valence-electron chi connectivity index (χ4n) is 5.06. The molecule has 1 aliphatic carbocycles. The fourth-order valence-corrected chi connectivity index (χ4v) is 5.80. The summed E-state index contributed by atoms with van der Waals surface area (Å²) in [5.74, 6) is -1.42. The number of aliphatic carboxylic acids is 1. The highest BCUT2D eigenvalue weighted by Gasteiger charge is 2.58. The third-order valence-electron chi connectivity index (χ3n) is 7.11. The Hall–Kier alpha value is -2.40. The van der Waals surface area contributed by atoms with Gasteiger partial charge in [-0.2, -0.15) is 13.2 Å². The van der Waals surface area contributed by atoms with Crippen LogP contribution in [0.15, 0.2) is 30.0 Å². The van der Waals surface area contributed by atoms with Crippen molar-refractivity contribution in [1.29, 1.82) is 0 Å². The summed E-state index contributed by atoms with van der Waals surface area (Å²) in [7, 11) is 0. The number of amides is 1. The standard InChI is InChI=1S/C22H30N4OS.C2HF3O2/c1-16(2)26-13-20(23-15-26)19-12-24(11-18-4-3-9-28-18)14-22(19)7-8-25(21(22)27)10-17-5-6-17;3-2(4,5)1(6)7/h3-4,9,13,15-17,19H,5-8,10-12,14H2,1-2H3;(H,6,7). The zero-order valence-corrected chi connectivity index (χ0v) is 20.7. The molecule has 2 saturated heterocycles. The Morgan fingerprint density at radius 3 is 2.60 bits per heavy atom. The Labute approximate surface area is 206 Å². The molecule has 2 aromatic heterocycles. The van der Waals surface area contributed by atoms with Gasteiger partial charge in [-0.3, -0.25) is 9.69 Å². The molecule has 7 nitrogen and oxygen atoms in total. The van der Waals surface area contributed by atoms with Crippen LogP contribution in [-0.4, -0.2) is 68.7 Å². The van der Waals surface area contributed by atoms with Crippen molar-refractivity contribution < 1.29 is 27.9 Å². The highest BCUT2D eigenvalue weighted by Crippen LogP contribution is 2.50. The number of carbonyl (C=O) groups is 2. The first-order valence-electron chi connectivity index (χ1n) is 11.9. The number of aromatic nitrogens is 2. The largest absolute Gasteiger partial charge is 0.490 e. The minimum Gasteiger partial charge on any atom is -0.475 e. The number of rotatable bonds is 6. The Kier molecular flexibility index (Phi) is 7.28. The molecule has 1 amide bonds. The van der Waals surface area contributed by atoms with Gasteiger partial charge in [0.05, 0.1) is 17.4 Å². The van der Waals surface area contributed by atoms with Crippen molar-refractivity contribution in [2.45, 2.75) is 57.8 Å². The molecule has 11 heteroatoms. The van der Waals surface area contributed by atoms with Crippen molar-refractivity contribution in [3.8, 4) is 0 Å². The third kappa shape index (κ3) is 5.72. The van der Waals surface area contributed by atoms with E-state index in [1.54, 1.807) is 0 Å². The van der Waals surface area contributed by atoms with Crippen molar-refractivity contribution in [2.75, 3.05) is 26.2 Å². The average Bonchev–Trinajstić information content (AvgIpc) is 3.18. The minimum atomic E-state index is -5.08. The molecule has 2 aromatic rings. The summed E-state index contributed by atoms with van der Waals surface area (Å²) in [5.41, 5.74) is 0.812. The summed E-state index contributed by atoms with van der Waals surface area (Å²) < 4.78 is 33.9. The molecule has 35 heavy (non-hydrogen) atoms. The highest BCUT2D eigenvalue weighted by molar-refractivity contribution is 7.09. The number of carbonyl (C=O) groups excluding carboxylic acids is 1. The average molecular weight is 513 g/mol. The van der Waals surface area contributed by atoms with E-state index in [4.69, 9.17) is 14.9 Å². The topological polar surface area (TPSA) is 78.7 Å². The van der Waals surface area contributed by atoms with Gasteiger partial charge < -0.3 is 14.6 Å². The van der Waals surface area contributed by atoms with Crippen molar-refractivity contribution in [3.05, 3.63) is 40.6 Å². The van der Waals surface area contributed by atoms with Crippen LogP contribution < -0.4 is 0 Å². The molecule has 2 unspecified atom stereocenters. The number of hydrogen-bond acceptors (Lipinski definition) is 5. The first kappa shape index (κ1) is 25.7. The van der Waals surface area contributed by atoms with Crippen LogP contribution in [0.2, 0.25) is 0 Å². The number of carboxylic acid groups (broad SMARTS) is 1. The maximum Gasteiger partial charge on any atom is 0.490 e. The van der Waals surface area contributed by atoms with E-state index in [-0.39, 0.29) is 11.3 Å². The summed E-state index contributed by atoms with van der Waals surface area (Å²) in [6.45, 7) is 8.98. The first-order valence-corrected chi connectivity index (χ1v) is 12.7. The van der Waals surface area contributed by atoms with Gasteiger partial charge in [0, 0.05) is 55.8 Å². The van der Waals surface area contributed by atoms with E-state index in [0.29, 0.717) is 11.9 Å². The van der Waals surface area contributed by atoms with Gasteiger partial charge in [-0.15, -0.1) is 11.3 Å². The SMILES string of the molecule is CC(C)n1cnc(C2CN(Cc3cccs3)CC23CCN(CC2CC2)C3=O)c1.O=C(O)C(F)(F)F. The lowest BCUT2D eigenvalue weighted by Crippen LogP contribution is -2.40. The van der Waals surface area contributed by atoms with Crippen LogP contribution in [-0.2, 0) is 16.1 Å². The highest BCUT2D eigenvalue weighted by atomic mass is 32.1. The van der Waals surface area contributed by atoms with Gasteiger partial charge in [0.15, 0.2) is 0 Å². The molecule has 5 rings (SSSR count). The van der Waals surface area contributed by atoms with Crippen LogP contribution in [0.1, 0.15) is 55.6 Å². The van der Waals surface area contributed by atoms with Crippen molar-refractivity contribution in [2.24, 2.45) is 11.3 Å². The molecule has 3 aliphatic rings. The van der Waals surface area contributed by atoms with Gasteiger partial charge in [0.25, 0.3) is 0 Å². The summed E-state index contributed by atoms with van der Waals surface area (Å²) in [4.78, 5) is 33.3. The summed E-state index contributed by atoms with van der Waals surface area (Å²) in [6.07, 6.45) is 2.60. The van der Waals surface area contributed by atoms with E-state index in [1.807, 2.05) is 17.7 Å². The molecule has 192 valence electrons. The smallest absolute Gasteiger partial charge is 0.475 e. The lowest BCUT2D eigenvalue weighted by atomic mass is 9.75. The van der Waals surface area contributed by atoms with Crippen LogP contribution in [0.25, 0.3) is 0 Å². The maximum atomic E-state index is 13.6. The van der Waals surface area contributed by atoms with E-state index in [9.17, 15) is 18.0 Å². The van der Waals surface area contributed by atoms with Gasteiger partial charge in [-0.1, -0.05) is 6.07 Å². The van der Waals surface area contributed by atoms with Gasteiger partial charge >= 0.3 is 12.1 Å².